The van der Waals surface area contributed by atoms with E-state index >= 15 is 0 Å². The molecule has 1 rings (SSSR count). The third kappa shape index (κ3) is 4.76. The Hall–Kier alpha value is -0.190. The van der Waals surface area contributed by atoms with Crippen LogP contribution in [-0.2, 0) is 17.3 Å². The van der Waals surface area contributed by atoms with E-state index in [1.54, 1.807) is 6.26 Å². The van der Waals surface area contributed by atoms with Crippen molar-refractivity contribution in [1.82, 2.24) is 4.90 Å². The highest BCUT2D eigenvalue weighted by Crippen LogP contribution is 2.14. The van der Waals surface area contributed by atoms with Crippen molar-refractivity contribution >= 4 is 26.7 Å². The van der Waals surface area contributed by atoms with Gasteiger partial charge in [0.1, 0.15) is 0 Å². The van der Waals surface area contributed by atoms with E-state index in [4.69, 9.17) is 0 Å². The van der Waals surface area contributed by atoms with Crippen LogP contribution in [0.2, 0.25) is 0 Å². The molecule has 0 saturated heterocycles. The van der Waals surface area contributed by atoms with Crippen LogP contribution in [-0.4, -0.2) is 34.2 Å². The first kappa shape index (κ1) is 13.9. The van der Waals surface area contributed by atoms with Gasteiger partial charge >= 0.3 is 0 Å². The third-order valence-electron chi connectivity index (χ3n) is 2.55. The summed E-state index contributed by atoms with van der Waals surface area (Å²) in [6.07, 6.45) is 1.75. The maximum Gasteiger partial charge on any atom is 0.0385 e. The summed E-state index contributed by atoms with van der Waals surface area (Å²) in [4.78, 5) is 2.23. The summed E-state index contributed by atoms with van der Waals surface area (Å²) in [6.45, 7) is 3.00. The molecule has 90 valence electrons. The van der Waals surface area contributed by atoms with E-state index in [1.807, 2.05) is 12.1 Å². The van der Waals surface area contributed by atoms with Crippen LogP contribution in [0.4, 0.5) is 0 Å². The highest BCUT2D eigenvalue weighted by molar-refractivity contribution is 9.10. The van der Waals surface area contributed by atoms with Crippen molar-refractivity contribution in [3.8, 4) is 0 Å². The average Bonchev–Trinajstić information content (AvgIpc) is 2.16. The fraction of sp³-hybridized carbons (Fsp3) is 0.500. The molecular weight excluding hydrogens is 286 g/mol. The standard InChI is InChI=1S/C12H18BrNOS/c1-10(9-16(3)15)14(2)8-11-5-4-6-12(13)7-11/h4-7,10H,8-9H2,1-3H3/t10-,16+/m0/s1. The molecule has 0 bridgehead atoms. The smallest absolute Gasteiger partial charge is 0.0385 e. The molecule has 0 spiro atoms. The summed E-state index contributed by atoms with van der Waals surface area (Å²) in [5.41, 5.74) is 1.27. The number of hydrogen-bond acceptors (Lipinski definition) is 2. The summed E-state index contributed by atoms with van der Waals surface area (Å²) in [7, 11) is 1.34. The second-order valence-corrected chi connectivity index (χ2v) is 6.53. The van der Waals surface area contributed by atoms with Crippen LogP contribution >= 0.6 is 15.9 Å². The second kappa shape index (κ2) is 6.52. The van der Waals surface area contributed by atoms with Crippen LogP contribution in [0, 0.1) is 0 Å². The molecule has 0 unspecified atom stereocenters. The summed E-state index contributed by atoms with van der Waals surface area (Å²) in [6, 6.07) is 8.62. The Morgan fingerprint density at radius 1 is 1.50 bits per heavy atom. The predicted molar refractivity (Wildman–Crippen MR) is 74.0 cm³/mol. The summed E-state index contributed by atoms with van der Waals surface area (Å²) < 4.78 is 12.2. The van der Waals surface area contributed by atoms with Crippen LogP contribution < -0.4 is 0 Å². The first-order valence-electron chi connectivity index (χ1n) is 5.23. The van der Waals surface area contributed by atoms with E-state index < -0.39 is 10.8 Å². The van der Waals surface area contributed by atoms with Gasteiger partial charge in [0, 0.05) is 39.9 Å². The SMILES string of the molecule is C[C@@H](C[S@@](C)=O)N(C)Cc1cccc(Br)c1. The third-order valence-corrected chi connectivity index (χ3v) is 3.99. The van der Waals surface area contributed by atoms with Crippen LogP contribution in [0.3, 0.4) is 0 Å². The summed E-state index contributed by atoms with van der Waals surface area (Å²) >= 11 is 3.46. The van der Waals surface area contributed by atoms with Crippen molar-refractivity contribution in [3.63, 3.8) is 0 Å². The molecule has 1 aromatic carbocycles. The zero-order chi connectivity index (χ0) is 12.1. The molecule has 0 saturated carbocycles. The van der Waals surface area contributed by atoms with E-state index in [0.717, 1.165) is 16.8 Å². The normalized spacial score (nSPS) is 15.1. The van der Waals surface area contributed by atoms with Crippen LogP contribution in [0.25, 0.3) is 0 Å². The maximum atomic E-state index is 11.1. The largest absolute Gasteiger partial charge is 0.299 e. The van der Waals surface area contributed by atoms with Crippen molar-refractivity contribution in [2.75, 3.05) is 19.1 Å². The first-order chi connectivity index (χ1) is 7.49. The molecular formula is C12H18BrNOS. The number of halogens is 1. The van der Waals surface area contributed by atoms with E-state index in [9.17, 15) is 4.21 Å². The predicted octanol–water partition coefficient (Wildman–Crippen LogP) is 2.65. The molecule has 4 heteroatoms. The Morgan fingerprint density at radius 2 is 2.19 bits per heavy atom. The van der Waals surface area contributed by atoms with Gasteiger partial charge in [0.25, 0.3) is 0 Å². The van der Waals surface area contributed by atoms with Gasteiger partial charge in [-0.3, -0.25) is 9.11 Å². The number of hydrogen-bond donors (Lipinski definition) is 0. The van der Waals surface area contributed by atoms with Crippen molar-refractivity contribution in [3.05, 3.63) is 34.3 Å². The molecule has 0 aliphatic heterocycles. The highest BCUT2D eigenvalue weighted by Gasteiger charge is 2.11. The van der Waals surface area contributed by atoms with Gasteiger partial charge in [0.15, 0.2) is 0 Å². The molecule has 1 aromatic rings. The Balaban J connectivity index is 2.56. The Kier molecular flexibility index (Phi) is 5.66. The molecule has 2 nitrogen and oxygen atoms in total. The number of benzene rings is 1. The lowest BCUT2D eigenvalue weighted by Gasteiger charge is -2.23. The lowest BCUT2D eigenvalue weighted by atomic mass is 10.2. The molecule has 0 N–H and O–H groups in total. The van der Waals surface area contributed by atoms with Gasteiger partial charge in [-0.25, -0.2) is 0 Å². The Morgan fingerprint density at radius 3 is 2.75 bits per heavy atom. The summed E-state index contributed by atoms with van der Waals surface area (Å²) in [5.74, 6) is 0.727. The minimum atomic E-state index is -0.730. The van der Waals surface area contributed by atoms with Gasteiger partial charge in [-0.2, -0.15) is 0 Å². The van der Waals surface area contributed by atoms with Crippen molar-refractivity contribution < 1.29 is 4.21 Å². The van der Waals surface area contributed by atoms with Crippen LogP contribution in [0.1, 0.15) is 12.5 Å². The fourth-order valence-corrected chi connectivity index (χ4v) is 2.93. The Bertz CT molecular complexity index is 370. The molecule has 0 heterocycles. The van der Waals surface area contributed by atoms with Crippen LogP contribution in [0.15, 0.2) is 28.7 Å². The van der Waals surface area contributed by atoms with Gasteiger partial charge in [0.2, 0.25) is 0 Å². The van der Waals surface area contributed by atoms with Gasteiger partial charge in [-0.1, -0.05) is 28.1 Å². The molecule has 0 aliphatic carbocycles. The number of nitrogens with zero attached hydrogens (tertiary/aromatic N) is 1. The first-order valence-corrected chi connectivity index (χ1v) is 7.75. The molecule has 0 aromatic heterocycles. The number of rotatable bonds is 5. The van der Waals surface area contributed by atoms with Gasteiger partial charge in [0.05, 0.1) is 0 Å². The van der Waals surface area contributed by atoms with E-state index in [0.29, 0.717) is 6.04 Å². The van der Waals surface area contributed by atoms with Gasteiger partial charge in [-0.05, 0) is 31.7 Å². The molecule has 0 fully saturated rings. The molecule has 0 amide bonds. The highest BCUT2D eigenvalue weighted by atomic mass is 79.9. The van der Waals surface area contributed by atoms with Gasteiger partial charge in [-0.15, -0.1) is 0 Å². The summed E-state index contributed by atoms with van der Waals surface area (Å²) in [5, 5.41) is 0. The lowest BCUT2D eigenvalue weighted by molar-refractivity contribution is 0.268. The molecule has 2 atom stereocenters. The Labute approximate surface area is 109 Å². The van der Waals surface area contributed by atoms with Crippen LogP contribution in [0.5, 0.6) is 0 Å². The minimum absolute atomic E-state index is 0.338. The van der Waals surface area contributed by atoms with E-state index in [1.165, 1.54) is 5.56 Å². The van der Waals surface area contributed by atoms with Gasteiger partial charge < -0.3 is 0 Å². The fourth-order valence-electron chi connectivity index (χ4n) is 1.55. The quantitative estimate of drug-likeness (QED) is 0.833. The minimum Gasteiger partial charge on any atom is -0.299 e. The second-order valence-electron chi connectivity index (χ2n) is 4.13. The van der Waals surface area contributed by atoms with Crippen molar-refractivity contribution in [2.24, 2.45) is 0 Å². The topological polar surface area (TPSA) is 20.3 Å². The zero-order valence-electron chi connectivity index (χ0n) is 9.94. The monoisotopic (exact) mass is 303 g/mol. The molecule has 0 radical (unpaired) electrons. The van der Waals surface area contributed by atoms with E-state index in [-0.39, 0.29) is 0 Å². The van der Waals surface area contributed by atoms with E-state index in [2.05, 4.69) is 46.9 Å². The van der Waals surface area contributed by atoms with Crippen molar-refractivity contribution in [1.29, 1.82) is 0 Å². The molecule has 16 heavy (non-hydrogen) atoms. The average molecular weight is 304 g/mol. The lowest BCUT2D eigenvalue weighted by Crippen LogP contribution is -2.32. The van der Waals surface area contributed by atoms with Crippen molar-refractivity contribution in [2.45, 2.75) is 19.5 Å². The zero-order valence-corrected chi connectivity index (χ0v) is 12.3. The molecule has 0 aliphatic rings. The maximum absolute atomic E-state index is 11.1.